The van der Waals surface area contributed by atoms with Crippen LogP contribution in [0.1, 0.15) is 56.1 Å². The number of hydrogen-bond acceptors (Lipinski definition) is 2. The van der Waals surface area contributed by atoms with Crippen molar-refractivity contribution in [3.05, 3.63) is 129 Å². The number of nitrogens with one attached hydrogen (secondary N) is 1. The normalized spacial score (nSPS) is 11.9. The predicted molar refractivity (Wildman–Crippen MR) is 159 cm³/mol. The highest BCUT2D eigenvalue weighted by atomic mass is 79.9. The molecule has 0 saturated carbocycles. The van der Waals surface area contributed by atoms with Crippen LogP contribution in [-0.4, -0.2) is 21.6 Å². The van der Waals surface area contributed by atoms with E-state index in [9.17, 15) is 14.7 Å². The Morgan fingerprint density at radius 3 is 2.38 bits per heavy atom. The summed E-state index contributed by atoms with van der Waals surface area (Å²) in [5.41, 5.74) is 8.00. The third kappa shape index (κ3) is 5.38. The van der Waals surface area contributed by atoms with E-state index in [1.807, 2.05) is 85.8 Å². The van der Waals surface area contributed by atoms with Crippen LogP contribution in [0.3, 0.4) is 0 Å². The van der Waals surface area contributed by atoms with Gasteiger partial charge in [-0.1, -0.05) is 70.5 Å². The number of carboxylic acid groups (broad SMARTS) is 1. The SMILES string of the molecule is Cc1c(C)n(Cc2ccc(-c3ccccc3C(=O)O)cc2)c2ccc(C(=O)N[C@@H](C)c3cccc(Br)c3)cc12. The number of aryl methyl sites for hydroxylation is 1. The van der Waals surface area contributed by atoms with Crippen LogP contribution in [0.15, 0.2) is 95.5 Å². The Kier molecular flexibility index (Phi) is 7.40. The van der Waals surface area contributed by atoms with E-state index in [1.54, 1.807) is 12.1 Å². The number of aromatic nitrogens is 1. The molecule has 0 saturated heterocycles. The molecule has 1 amide bonds. The molecule has 6 heteroatoms. The lowest BCUT2D eigenvalue weighted by molar-refractivity contribution is 0.0697. The summed E-state index contributed by atoms with van der Waals surface area (Å²) < 4.78 is 3.24. The standard InChI is InChI=1S/C33H29BrN2O3/c1-20-22(3)36(19-23-11-13-24(14-12-23)28-9-4-5-10-29(28)33(38)39)31-16-15-26(18-30(20)31)32(37)35-21(2)25-7-6-8-27(34)17-25/h4-18,21H,19H2,1-3H3,(H,35,37)(H,38,39)/t21-/m0/s1. The van der Waals surface area contributed by atoms with Gasteiger partial charge < -0.3 is 15.0 Å². The lowest BCUT2D eigenvalue weighted by Crippen LogP contribution is -2.26. The molecule has 5 nitrogen and oxygen atoms in total. The van der Waals surface area contributed by atoms with E-state index >= 15 is 0 Å². The number of hydrogen-bond donors (Lipinski definition) is 2. The quantitative estimate of drug-likeness (QED) is 0.205. The van der Waals surface area contributed by atoms with Crippen molar-refractivity contribution in [1.82, 2.24) is 9.88 Å². The minimum atomic E-state index is -0.935. The Morgan fingerprint density at radius 1 is 0.923 bits per heavy atom. The topological polar surface area (TPSA) is 71.3 Å². The number of aromatic carboxylic acids is 1. The molecule has 196 valence electrons. The molecular weight excluding hydrogens is 552 g/mol. The van der Waals surface area contributed by atoms with Crippen LogP contribution in [-0.2, 0) is 6.54 Å². The summed E-state index contributed by atoms with van der Waals surface area (Å²) >= 11 is 3.50. The van der Waals surface area contributed by atoms with Crippen molar-refractivity contribution in [2.75, 3.05) is 0 Å². The Hall–Kier alpha value is -4.16. The van der Waals surface area contributed by atoms with Gasteiger partial charge in [0.25, 0.3) is 5.91 Å². The molecule has 5 rings (SSSR count). The van der Waals surface area contributed by atoms with Crippen LogP contribution < -0.4 is 5.32 Å². The highest BCUT2D eigenvalue weighted by molar-refractivity contribution is 9.10. The third-order valence-corrected chi connectivity index (χ3v) is 7.85. The molecule has 0 fully saturated rings. The predicted octanol–water partition coefficient (Wildman–Crippen LogP) is 7.93. The summed E-state index contributed by atoms with van der Waals surface area (Å²) in [4.78, 5) is 24.7. The molecule has 0 bridgehead atoms. The number of carbonyl (C=O) groups is 2. The van der Waals surface area contributed by atoms with Crippen molar-refractivity contribution in [2.24, 2.45) is 0 Å². The van der Waals surface area contributed by atoms with Gasteiger partial charge in [0.2, 0.25) is 0 Å². The third-order valence-electron chi connectivity index (χ3n) is 7.36. The summed E-state index contributed by atoms with van der Waals surface area (Å²) in [5.74, 6) is -1.04. The zero-order valence-corrected chi connectivity index (χ0v) is 23.6. The van der Waals surface area contributed by atoms with E-state index in [4.69, 9.17) is 0 Å². The van der Waals surface area contributed by atoms with Crippen LogP contribution in [0.25, 0.3) is 22.0 Å². The summed E-state index contributed by atoms with van der Waals surface area (Å²) in [6.07, 6.45) is 0. The van der Waals surface area contributed by atoms with Crippen LogP contribution in [0, 0.1) is 13.8 Å². The molecular formula is C33H29BrN2O3. The molecule has 2 N–H and O–H groups in total. The molecule has 0 aliphatic rings. The molecule has 0 spiro atoms. The largest absolute Gasteiger partial charge is 0.478 e. The van der Waals surface area contributed by atoms with Crippen molar-refractivity contribution >= 4 is 38.7 Å². The van der Waals surface area contributed by atoms with Crippen LogP contribution in [0.2, 0.25) is 0 Å². The average molecular weight is 582 g/mol. The fourth-order valence-electron chi connectivity index (χ4n) is 5.03. The number of halogens is 1. The summed E-state index contributed by atoms with van der Waals surface area (Å²) in [5, 5.41) is 13.7. The van der Waals surface area contributed by atoms with Crippen molar-refractivity contribution in [3.8, 4) is 11.1 Å². The first-order valence-corrected chi connectivity index (χ1v) is 13.6. The summed E-state index contributed by atoms with van der Waals surface area (Å²) in [7, 11) is 0. The molecule has 0 unspecified atom stereocenters. The van der Waals surface area contributed by atoms with Crippen molar-refractivity contribution in [1.29, 1.82) is 0 Å². The van der Waals surface area contributed by atoms with Crippen LogP contribution >= 0.6 is 15.9 Å². The fraction of sp³-hybridized carbons (Fsp3) is 0.152. The van der Waals surface area contributed by atoms with E-state index in [1.165, 1.54) is 0 Å². The second kappa shape index (κ2) is 10.9. The number of nitrogens with zero attached hydrogens (tertiary/aromatic N) is 1. The number of amides is 1. The first-order chi connectivity index (χ1) is 18.7. The van der Waals surface area contributed by atoms with Gasteiger partial charge in [0.1, 0.15) is 0 Å². The van der Waals surface area contributed by atoms with Crippen molar-refractivity contribution in [3.63, 3.8) is 0 Å². The maximum Gasteiger partial charge on any atom is 0.336 e. The number of benzene rings is 4. The fourth-order valence-corrected chi connectivity index (χ4v) is 5.44. The Balaban J connectivity index is 1.39. The van der Waals surface area contributed by atoms with Crippen LogP contribution in [0.4, 0.5) is 0 Å². The molecule has 0 aliphatic carbocycles. The number of carbonyl (C=O) groups excluding carboxylic acids is 1. The molecule has 1 atom stereocenters. The summed E-state index contributed by atoms with van der Waals surface area (Å²) in [6.45, 7) is 6.84. The van der Waals surface area contributed by atoms with Gasteiger partial charge in [-0.25, -0.2) is 4.79 Å². The molecule has 0 radical (unpaired) electrons. The van der Waals surface area contributed by atoms with E-state index in [-0.39, 0.29) is 11.9 Å². The van der Waals surface area contributed by atoms with Crippen LogP contribution in [0.5, 0.6) is 0 Å². The van der Waals surface area contributed by atoms with E-state index < -0.39 is 5.97 Å². The van der Waals surface area contributed by atoms with Crippen molar-refractivity contribution in [2.45, 2.75) is 33.4 Å². The number of carboxylic acids is 1. The van der Waals surface area contributed by atoms with Gasteiger partial charge in [-0.2, -0.15) is 0 Å². The van der Waals surface area contributed by atoms with Gasteiger partial charge in [0.15, 0.2) is 0 Å². The van der Waals surface area contributed by atoms with Gasteiger partial charge in [-0.3, -0.25) is 4.79 Å². The molecule has 4 aromatic carbocycles. The lowest BCUT2D eigenvalue weighted by Gasteiger charge is -2.15. The molecule has 1 heterocycles. The molecule has 1 aromatic heterocycles. The van der Waals surface area contributed by atoms with E-state index in [2.05, 4.69) is 39.7 Å². The Bertz CT molecular complexity index is 1700. The molecule has 5 aromatic rings. The zero-order chi connectivity index (χ0) is 27.7. The van der Waals surface area contributed by atoms with E-state index in [0.29, 0.717) is 23.2 Å². The van der Waals surface area contributed by atoms with Gasteiger partial charge in [0.05, 0.1) is 11.6 Å². The van der Waals surface area contributed by atoms with Crippen molar-refractivity contribution < 1.29 is 14.7 Å². The lowest BCUT2D eigenvalue weighted by atomic mass is 9.99. The Morgan fingerprint density at radius 2 is 1.67 bits per heavy atom. The second-order valence-electron chi connectivity index (χ2n) is 9.83. The smallest absolute Gasteiger partial charge is 0.336 e. The minimum Gasteiger partial charge on any atom is -0.478 e. The Labute approximate surface area is 236 Å². The van der Waals surface area contributed by atoms with Gasteiger partial charge in [-0.15, -0.1) is 0 Å². The molecule has 39 heavy (non-hydrogen) atoms. The minimum absolute atomic E-state index is 0.105. The number of rotatable bonds is 7. The maximum absolute atomic E-state index is 13.1. The van der Waals surface area contributed by atoms with Gasteiger partial charge in [0, 0.05) is 33.2 Å². The zero-order valence-electron chi connectivity index (χ0n) is 22.0. The monoisotopic (exact) mass is 580 g/mol. The highest BCUT2D eigenvalue weighted by Crippen LogP contribution is 2.29. The second-order valence-corrected chi connectivity index (χ2v) is 10.7. The van der Waals surface area contributed by atoms with Gasteiger partial charge in [-0.05, 0) is 85.0 Å². The molecule has 0 aliphatic heterocycles. The first kappa shape index (κ1) is 26.4. The number of fused-ring (bicyclic) bond motifs is 1. The highest BCUT2D eigenvalue weighted by Gasteiger charge is 2.17. The maximum atomic E-state index is 13.1. The average Bonchev–Trinajstić information content (AvgIpc) is 3.17. The van der Waals surface area contributed by atoms with E-state index in [0.717, 1.165) is 43.3 Å². The van der Waals surface area contributed by atoms with Gasteiger partial charge >= 0.3 is 5.97 Å². The summed E-state index contributed by atoms with van der Waals surface area (Å²) in [6, 6.07) is 28.8. The first-order valence-electron chi connectivity index (χ1n) is 12.8.